The van der Waals surface area contributed by atoms with Crippen LogP contribution in [0.25, 0.3) is 0 Å². The molecular weight excluding hydrogens is 315 g/mol. The first-order valence-corrected chi connectivity index (χ1v) is 9.21. The van der Waals surface area contributed by atoms with E-state index in [-0.39, 0.29) is 11.2 Å². The molecule has 1 aromatic heterocycles. The van der Waals surface area contributed by atoms with E-state index in [0.717, 1.165) is 39.1 Å². The van der Waals surface area contributed by atoms with Crippen LogP contribution in [-0.2, 0) is 17.7 Å². The first kappa shape index (κ1) is 16.7. The van der Waals surface area contributed by atoms with E-state index in [2.05, 4.69) is 16.0 Å². The highest BCUT2D eigenvalue weighted by Crippen LogP contribution is 2.44. The molecule has 0 spiro atoms. The summed E-state index contributed by atoms with van der Waals surface area (Å²) in [6.07, 6.45) is 8.60. The molecule has 0 bridgehead atoms. The Bertz CT molecular complexity index is 687. The van der Waals surface area contributed by atoms with Gasteiger partial charge < -0.3 is 4.74 Å². The van der Waals surface area contributed by atoms with Gasteiger partial charge in [0.1, 0.15) is 5.82 Å². The number of hydrogen-bond donors (Lipinski definition) is 0. The maximum atomic E-state index is 13.1. The van der Waals surface area contributed by atoms with Crippen LogP contribution in [-0.4, -0.2) is 35.7 Å². The summed E-state index contributed by atoms with van der Waals surface area (Å²) >= 11 is 0. The van der Waals surface area contributed by atoms with Gasteiger partial charge in [-0.15, -0.1) is 0 Å². The Morgan fingerprint density at radius 2 is 2.04 bits per heavy atom. The van der Waals surface area contributed by atoms with Gasteiger partial charge in [-0.3, -0.25) is 9.88 Å². The fourth-order valence-electron chi connectivity index (χ4n) is 4.26. The molecular formula is C21H25FN2O. The highest BCUT2D eigenvalue weighted by atomic mass is 19.1. The lowest BCUT2D eigenvalue weighted by Crippen LogP contribution is -2.46. The van der Waals surface area contributed by atoms with Gasteiger partial charge in [-0.1, -0.05) is 18.2 Å². The van der Waals surface area contributed by atoms with Crippen LogP contribution in [0.15, 0.2) is 48.8 Å². The molecule has 0 saturated carbocycles. The molecule has 0 N–H and O–H groups in total. The van der Waals surface area contributed by atoms with Crippen LogP contribution in [0.4, 0.5) is 4.39 Å². The van der Waals surface area contributed by atoms with Gasteiger partial charge in [-0.2, -0.15) is 0 Å². The first-order valence-electron chi connectivity index (χ1n) is 9.21. The van der Waals surface area contributed by atoms with Gasteiger partial charge in [0.15, 0.2) is 0 Å². The largest absolute Gasteiger partial charge is 0.377 e. The minimum absolute atomic E-state index is 0.163. The van der Waals surface area contributed by atoms with Crippen molar-refractivity contribution in [3.05, 3.63) is 65.7 Å². The number of benzene rings is 1. The molecule has 2 atom stereocenters. The zero-order valence-corrected chi connectivity index (χ0v) is 14.5. The Morgan fingerprint density at radius 1 is 1.20 bits per heavy atom. The third-order valence-corrected chi connectivity index (χ3v) is 5.80. The number of aromatic nitrogens is 1. The summed E-state index contributed by atoms with van der Waals surface area (Å²) in [4.78, 5) is 6.76. The minimum atomic E-state index is -0.163. The van der Waals surface area contributed by atoms with Crippen LogP contribution < -0.4 is 0 Å². The summed E-state index contributed by atoms with van der Waals surface area (Å²) in [6.45, 7) is 4.04. The number of pyridine rings is 1. The summed E-state index contributed by atoms with van der Waals surface area (Å²) in [6, 6.07) is 11.1. The molecule has 2 fully saturated rings. The van der Waals surface area contributed by atoms with Crippen molar-refractivity contribution >= 4 is 0 Å². The lowest BCUT2D eigenvalue weighted by molar-refractivity contribution is -0.126. The van der Waals surface area contributed by atoms with E-state index in [1.54, 1.807) is 12.1 Å². The highest BCUT2D eigenvalue weighted by molar-refractivity contribution is 5.17. The molecule has 0 aliphatic carbocycles. The van der Waals surface area contributed by atoms with Crippen LogP contribution in [0.3, 0.4) is 0 Å². The van der Waals surface area contributed by atoms with Crippen molar-refractivity contribution in [1.82, 2.24) is 9.88 Å². The summed E-state index contributed by atoms with van der Waals surface area (Å²) in [5.74, 6) is -0.163. The Balaban J connectivity index is 1.42. The molecule has 3 heterocycles. The Morgan fingerprint density at radius 3 is 2.72 bits per heavy atom. The molecule has 4 rings (SSSR count). The molecule has 2 aromatic rings. The number of nitrogens with zero attached hydrogens (tertiary/aromatic N) is 2. The number of hydrogen-bond acceptors (Lipinski definition) is 3. The van der Waals surface area contributed by atoms with Crippen LogP contribution in [0, 0.1) is 11.2 Å². The predicted octanol–water partition coefficient (Wildman–Crippen LogP) is 3.83. The van der Waals surface area contributed by atoms with E-state index in [0.29, 0.717) is 6.10 Å². The standard InChI is InChI=1S/C21H25FN2O/c22-19-5-3-17(4-6-19)7-9-21(20-8-13-25-20)10-12-24(16-21)15-18-2-1-11-23-14-18/h1-6,11,14,20H,7-10,12-13,15-16H2/t20?,21-/m1/s1. The third kappa shape index (κ3) is 3.75. The van der Waals surface area contributed by atoms with Gasteiger partial charge in [-0.05, 0) is 61.6 Å². The van der Waals surface area contributed by atoms with E-state index >= 15 is 0 Å². The maximum Gasteiger partial charge on any atom is 0.123 e. The molecule has 4 heteroatoms. The monoisotopic (exact) mass is 340 g/mol. The van der Waals surface area contributed by atoms with E-state index in [4.69, 9.17) is 4.74 Å². The topological polar surface area (TPSA) is 25.4 Å². The van der Waals surface area contributed by atoms with Crippen molar-refractivity contribution in [2.24, 2.45) is 5.41 Å². The molecule has 25 heavy (non-hydrogen) atoms. The molecule has 2 aliphatic heterocycles. The average molecular weight is 340 g/mol. The summed E-state index contributed by atoms with van der Waals surface area (Å²) in [5, 5.41) is 0. The van der Waals surface area contributed by atoms with E-state index in [1.165, 1.54) is 24.0 Å². The van der Waals surface area contributed by atoms with Gasteiger partial charge in [0.05, 0.1) is 6.10 Å². The zero-order valence-electron chi connectivity index (χ0n) is 14.5. The van der Waals surface area contributed by atoms with Crippen molar-refractivity contribution in [2.45, 2.75) is 38.3 Å². The van der Waals surface area contributed by atoms with Crippen LogP contribution in [0.5, 0.6) is 0 Å². The zero-order chi connectivity index (χ0) is 17.1. The van der Waals surface area contributed by atoms with Gasteiger partial charge in [0.25, 0.3) is 0 Å². The lowest BCUT2D eigenvalue weighted by Gasteiger charge is -2.43. The fraction of sp³-hybridized carbons (Fsp3) is 0.476. The maximum absolute atomic E-state index is 13.1. The Hall–Kier alpha value is -1.78. The van der Waals surface area contributed by atoms with Crippen LogP contribution >= 0.6 is 0 Å². The third-order valence-electron chi connectivity index (χ3n) is 5.80. The Kier molecular flexibility index (Phi) is 4.82. The number of halogens is 1. The molecule has 0 radical (unpaired) electrons. The van der Waals surface area contributed by atoms with E-state index in [1.807, 2.05) is 30.6 Å². The van der Waals surface area contributed by atoms with Gasteiger partial charge in [-0.25, -0.2) is 4.39 Å². The lowest BCUT2D eigenvalue weighted by atomic mass is 9.73. The second-order valence-corrected chi connectivity index (χ2v) is 7.46. The average Bonchev–Trinajstić information content (AvgIpc) is 2.97. The highest BCUT2D eigenvalue weighted by Gasteiger charge is 2.47. The first-order chi connectivity index (χ1) is 12.2. The van der Waals surface area contributed by atoms with Gasteiger partial charge in [0, 0.05) is 37.5 Å². The van der Waals surface area contributed by atoms with Gasteiger partial charge >= 0.3 is 0 Å². The molecule has 3 nitrogen and oxygen atoms in total. The van der Waals surface area contributed by atoms with Crippen molar-refractivity contribution in [3.63, 3.8) is 0 Å². The molecule has 1 unspecified atom stereocenters. The smallest absolute Gasteiger partial charge is 0.123 e. The van der Waals surface area contributed by atoms with Gasteiger partial charge in [0.2, 0.25) is 0 Å². The minimum Gasteiger partial charge on any atom is -0.377 e. The molecule has 1 aromatic carbocycles. The molecule has 0 amide bonds. The normalized spacial score (nSPS) is 26.5. The van der Waals surface area contributed by atoms with Crippen LogP contribution in [0.1, 0.15) is 30.4 Å². The predicted molar refractivity (Wildman–Crippen MR) is 95.6 cm³/mol. The summed E-state index contributed by atoms with van der Waals surface area (Å²) in [7, 11) is 0. The number of aryl methyl sites for hydroxylation is 1. The molecule has 132 valence electrons. The molecule has 2 aliphatic rings. The van der Waals surface area contributed by atoms with Crippen molar-refractivity contribution in [2.75, 3.05) is 19.7 Å². The van der Waals surface area contributed by atoms with Crippen molar-refractivity contribution in [1.29, 1.82) is 0 Å². The van der Waals surface area contributed by atoms with Crippen molar-refractivity contribution in [3.8, 4) is 0 Å². The number of likely N-dealkylation sites (tertiary alicyclic amines) is 1. The second kappa shape index (κ2) is 7.22. The van der Waals surface area contributed by atoms with E-state index < -0.39 is 0 Å². The van der Waals surface area contributed by atoms with E-state index in [9.17, 15) is 4.39 Å². The SMILES string of the molecule is Fc1ccc(CC[C@@]2(C3CCO3)CCN(Cc3cccnc3)C2)cc1. The number of ether oxygens (including phenoxy) is 1. The second-order valence-electron chi connectivity index (χ2n) is 7.46. The molecule has 2 saturated heterocycles. The number of rotatable bonds is 6. The summed E-state index contributed by atoms with van der Waals surface area (Å²) < 4.78 is 19.0. The van der Waals surface area contributed by atoms with Crippen LogP contribution in [0.2, 0.25) is 0 Å². The quantitative estimate of drug-likeness (QED) is 0.799. The van der Waals surface area contributed by atoms with Crippen molar-refractivity contribution < 1.29 is 9.13 Å². The fourth-order valence-corrected chi connectivity index (χ4v) is 4.26. The summed E-state index contributed by atoms with van der Waals surface area (Å²) in [5.41, 5.74) is 2.71. The Labute approximate surface area is 148 Å².